The number of fused-ring (bicyclic) bond motifs is 2. The molecule has 4 rings (SSSR count). The summed E-state index contributed by atoms with van der Waals surface area (Å²) >= 11 is 0. The average Bonchev–Trinajstić information content (AvgIpc) is 2.62. The van der Waals surface area contributed by atoms with Crippen molar-refractivity contribution in [2.24, 2.45) is 0 Å². The Bertz CT molecular complexity index is 739. The van der Waals surface area contributed by atoms with Crippen LogP contribution in [0.4, 0.5) is 5.82 Å². The third-order valence-electron chi connectivity index (χ3n) is 5.21. The first-order valence-corrected chi connectivity index (χ1v) is 8.56. The van der Waals surface area contributed by atoms with Gasteiger partial charge in [0.25, 0.3) is 0 Å². The van der Waals surface area contributed by atoms with Crippen LogP contribution in [0.2, 0.25) is 0 Å². The van der Waals surface area contributed by atoms with E-state index in [-0.39, 0.29) is 5.60 Å². The van der Waals surface area contributed by atoms with E-state index in [4.69, 9.17) is 9.47 Å². The highest BCUT2D eigenvalue weighted by Gasteiger charge is 2.41. The zero-order valence-electron chi connectivity index (χ0n) is 14.3. The molecule has 5 nitrogen and oxygen atoms in total. The number of nitrogens with zero attached hydrogens (tertiary/aromatic N) is 3. The fourth-order valence-corrected chi connectivity index (χ4v) is 3.91. The molecule has 1 fully saturated rings. The Hall–Kier alpha value is -2.14. The first-order valence-electron chi connectivity index (χ1n) is 8.56. The van der Waals surface area contributed by atoms with Gasteiger partial charge in [-0.25, -0.2) is 9.97 Å². The van der Waals surface area contributed by atoms with E-state index in [1.54, 1.807) is 7.11 Å². The first-order chi connectivity index (χ1) is 11.7. The molecule has 1 saturated heterocycles. The van der Waals surface area contributed by atoms with Gasteiger partial charge in [0.05, 0.1) is 19.3 Å². The van der Waals surface area contributed by atoms with Crippen LogP contribution < -0.4 is 9.64 Å². The van der Waals surface area contributed by atoms with E-state index in [0.717, 1.165) is 56.4 Å². The molecule has 0 aliphatic carbocycles. The molecule has 0 N–H and O–H groups in total. The van der Waals surface area contributed by atoms with Crippen LogP contribution in [0.15, 0.2) is 30.5 Å². The molecule has 126 valence electrons. The summed E-state index contributed by atoms with van der Waals surface area (Å²) in [5.41, 5.74) is 2.55. The molecule has 1 spiro atoms. The largest absolute Gasteiger partial charge is 0.497 e. The number of methoxy groups -OCH3 is 1. The van der Waals surface area contributed by atoms with E-state index in [9.17, 15) is 0 Å². The summed E-state index contributed by atoms with van der Waals surface area (Å²) in [5, 5.41) is 0. The summed E-state index contributed by atoms with van der Waals surface area (Å²) in [6.45, 7) is 4.61. The van der Waals surface area contributed by atoms with Crippen molar-refractivity contribution >= 4 is 5.82 Å². The Morgan fingerprint density at radius 3 is 2.79 bits per heavy atom. The van der Waals surface area contributed by atoms with Gasteiger partial charge in [0.2, 0.25) is 0 Å². The summed E-state index contributed by atoms with van der Waals surface area (Å²) in [7, 11) is 1.72. The molecule has 5 heteroatoms. The Labute approximate surface area is 142 Å². The normalized spacial score (nSPS) is 19.2. The number of aryl methyl sites for hydroxylation is 1. The van der Waals surface area contributed by atoms with E-state index in [0.29, 0.717) is 0 Å². The smallest absolute Gasteiger partial charge is 0.132 e. The second-order valence-corrected chi connectivity index (χ2v) is 6.56. The van der Waals surface area contributed by atoms with Crippen LogP contribution in [0.1, 0.15) is 29.8 Å². The highest BCUT2D eigenvalue weighted by atomic mass is 16.5. The lowest BCUT2D eigenvalue weighted by atomic mass is 9.79. The number of hydrogen-bond acceptors (Lipinski definition) is 5. The van der Waals surface area contributed by atoms with Gasteiger partial charge in [-0.2, -0.15) is 0 Å². The second-order valence-electron chi connectivity index (χ2n) is 6.56. The lowest BCUT2D eigenvalue weighted by molar-refractivity contribution is -0.0767. The topological polar surface area (TPSA) is 47.5 Å². The molecule has 1 aromatic heterocycles. The molecular weight excluding hydrogens is 302 g/mol. The number of piperidine rings is 1. The van der Waals surface area contributed by atoms with Gasteiger partial charge in [0.1, 0.15) is 17.4 Å². The zero-order chi connectivity index (χ0) is 16.6. The Balaban J connectivity index is 1.57. The van der Waals surface area contributed by atoms with E-state index in [1.807, 2.05) is 19.2 Å². The van der Waals surface area contributed by atoms with Gasteiger partial charge in [0.15, 0.2) is 0 Å². The summed E-state index contributed by atoms with van der Waals surface area (Å²) in [6, 6.07) is 8.40. The lowest BCUT2D eigenvalue weighted by Gasteiger charge is -2.45. The van der Waals surface area contributed by atoms with Crippen molar-refractivity contribution in [3.8, 4) is 5.75 Å². The van der Waals surface area contributed by atoms with Gasteiger partial charge in [0, 0.05) is 19.3 Å². The van der Waals surface area contributed by atoms with Crippen molar-refractivity contribution in [2.45, 2.75) is 31.8 Å². The number of rotatable bonds is 2. The minimum Gasteiger partial charge on any atom is -0.497 e. The van der Waals surface area contributed by atoms with Gasteiger partial charge in [-0.15, -0.1) is 0 Å². The fourth-order valence-electron chi connectivity index (χ4n) is 3.91. The third kappa shape index (κ3) is 2.63. The lowest BCUT2D eigenvalue weighted by Crippen LogP contribution is -2.47. The molecule has 3 heterocycles. The molecule has 0 unspecified atom stereocenters. The first kappa shape index (κ1) is 15.4. The third-order valence-corrected chi connectivity index (χ3v) is 5.21. The van der Waals surface area contributed by atoms with Gasteiger partial charge >= 0.3 is 0 Å². The van der Waals surface area contributed by atoms with Crippen LogP contribution in [-0.2, 0) is 16.8 Å². The van der Waals surface area contributed by atoms with Crippen molar-refractivity contribution < 1.29 is 9.47 Å². The molecule has 0 amide bonds. The monoisotopic (exact) mass is 325 g/mol. The van der Waals surface area contributed by atoms with Crippen molar-refractivity contribution in [3.05, 3.63) is 47.4 Å². The summed E-state index contributed by atoms with van der Waals surface area (Å²) < 4.78 is 11.7. The van der Waals surface area contributed by atoms with Crippen molar-refractivity contribution in [2.75, 3.05) is 31.7 Å². The Kier molecular flexibility index (Phi) is 3.88. The van der Waals surface area contributed by atoms with Gasteiger partial charge in [-0.1, -0.05) is 6.07 Å². The van der Waals surface area contributed by atoms with E-state index in [1.165, 1.54) is 11.1 Å². The van der Waals surface area contributed by atoms with Crippen LogP contribution in [0.5, 0.6) is 5.75 Å². The predicted octanol–water partition coefficient (Wildman–Crippen LogP) is 2.86. The number of ether oxygens (including phenoxy) is 2. The zero-order valence-corrected chi connectivity index (χ0v) is 14.3. The van der Waals surface area contributed by atoms with E-state index in [2.05, 4.69) is 33.1 Å². The maximum Gasteiger partial charge on any atom is 0.132 e. The molecule has 0 bridgehead atoms. The van der Waals surface area contributed by atoms with E-state index < -0.39 is 0 Å². The average molecular weight is 325 g/mol. The molecule has 0 atom stereocenters. The van der Waals surface area contributed by atoms with Crippen LogP contribution in [0.25, 0.3) is 0 Å². The van der Waals surface area contributed by atoms with E-state index >= 15 is 0 Å². The van der Waals surface area contributed by atoms with Crippen molar-refractivity contribution in [1.29, 1.82) is 0 Å². The quantitative estimate of drug-likeness (QED) is 0.850. The molecular formula is C19H23N3O2. The maximum atomic E-state index is 6.31. The highest BCUT2D eigenvalue weighted by Crippen LogP contribution is 2.42. The fraction of sp³-hybridized carbons (Fsp3) is 0.474. The molecule has 0 saturated carbocycles. The minimum atomic E-state index is -0.154. The number of benzene rings is 1. The van der Waals surface area contributed by atoms with Crippen LogP contribution in [0, 0.1) is 6.92 Å². The maximum absolute atomic E-state index is 6.31. The minimum absolute atomic E-state index is 0.154. The van der Waals surface area contributed by atoms with Gasteiger partial charge in [-0.05, 0) is 55.5 Å². The van der Waals surface area contributed by atoms with Gasteiger partial charge in [-0.3, -0.25) is 0 Å². The number of hydrogen-bond donors (Lipinski definition) is 0. The standard InChI is InChI=1S/C19H23N3O2/c1-14-20-9-5-18(21-14)22-10-7-19(8-11-22)17-4-3-16(23-2)13-15(17)6-12-24-19/h3-5,9,13H,6-8,10-12H2,1-2H3. The van der Waals surface area contributed by atoms with Crippen LogP contribution in [-0.4, -0.2) is 36.8 Å². The number of anilines is 1. The molecule has 1 aromatic carbocycles. The highest BCUT2D eigenvalue weighted by molar-refractivity contribution is 5.43. The summed E-state index contributed by atoms with van der Waals surface area (Å²) in [6.07, 6.45) is 4.76. The van der Waals surface area contributed by atoms with Crippen molar-refractivity contribution in [1.82, 2.24) is 9.97 Å². The Morgan fingerprint density at radius 2 is 2.04 bits per heavy atom. The number of aromatic nitrogens is 2. The molecule has 2 aliphatic heterocycles. The summed E-state index contributed by atoms with van der Waals surface area (Å²) in [5.74, 6) is 2.77. The molecule has 24 heavy (non-hydrogen) atoms. The Morgan fingerprint density at radius 1 is 1.21 bits per heavy atom. The SMILES string of the molecule is COc1ccc2c(c1)CCOC21CCN(c2ccnc(C)n2)CC1. The van der Waals surface area contributed by atoms with Crippen LogP contribution >= 0.6 is 0 Å². The van der Waals surface area contributed by atoms with Crippen LogP contribution in [0.3, 0.4) is 0 Å². The predicted molar refractivity (Wildman–Crippen MR) is 92.5 cm³/mol. The molecule has 2 aromatic rings. The van der Waals surface area contributed by atoms with Crippen molar-refractivity contribution in [3.63, 3.8) is 0 Å². The molecule has 0 radical (unpaired) electrons. The summed E-state index contributed by atoms with van der Waals surface area (Å²) in [4.78, 5) is 11.1. The second kappa shape index (κ2) is 6.06. The van der Waals surface area contributed by atoms with Gasteiger partial charge < -0.3 is 14.4 Å². The molecule has 2 aliphatic rings.